The van der Waals surface area contributed by atoms with Crippen LogP contribution in [0.1, 0.15) is 24.9 Å². The zero-order valence-electron chi connectivity index (χ0n) is 11.2. The second-order valence-corrected chi connectivity index (χ2v) is 4.12. The number of hydrogen-bond donors (Lipinski definition) is 1. The van der Waals surface area contributed by atoms with Crippen LogP contribution in [0.3, 0.4) is 0 Å². The minimum atomic E-state index is -4.64. The van der Waals surface area contributed by atoms with Crippen molar-refractivity contribution in [2.45, 2.75) is 31.9 Å². The summed E-state index contributed by atoms with van der Waals surface area (Å²) in [7, 11) is 0. The third-order valence-corrected chi connectivity index (χ3v) is 2.51. The highest BCUT2D eigenvalue weighted by atomic mass is 19.3. The van der Waals surface area contributed by atoms with E-state index in [0.717, 1.165) is 6.07 Å². The molecule has 1 rings (SSSR count). The SMILES string of the molecule is CCOC(=O)C[C@@H](N)c1ccccc1OC(F)(F)C(F)F. The van der Waals surface area contributed by atoms with Crippen LogP contribution in [0.25, 0.3) is 0 Å². The van der Waals surface area contributed by atoms with Gasteiger partial charge in [0.2, 0.25) is 0 Å². The minimum absolute atomic E-state index is 0.0193. The number of para-hydroxylation sites is 1. The topological polar surface area (TPSA) is 61.5 Å². The normalized spacial score (nSPS) is 13.1. The van der Waals surface area contributed by atoms with Gasteiger partial charge in [0.15, 0.2) is 0 Å². The lowest BCUT2D eigenvalue weighted by Gasteiger charge is -2.21. The second-order valence-electron chi connectivity index (χ2n) is 4.12. The first-order valence-electron chi connectivity index (χ1n) is 6.13. The largest absolute Gasteiger partial charge is 0.466 e. The molecule has 2 N–H and O–H groups in total. The first-order valence-corrected chi connectivity index (χ1v) is 6.13. The minimum Gasteiger partial charge on any atom is -0.466 e. The van der Waals surface area contributed by atoms with Gasteiger partial charge in [-0.15, -0.1) is 0 Å². The number of benzene rings is 1. The van der Waals surface area contributed by atoms with Gasteiger partial charge >= 0.3 is 18.5 Å². The van der Waals surface area contributed by atoms with E-state index in [1.165, 1.54) is 18.2 Å². The summed E-state index contributed by atoms with van der Waals surface area (Å²) in [5.74, 6) is -1.12. The number of rotatable bonds is 7. The summed E-state index contributed by atoms with van der Waals surface area (Å²) in [5.41, 5.74) is 5.73. The fourth-order valence-electron chi connectivity index (χ4n) is 1.58. The first kappa shape index (κ1) is 17.2. The lowest BCUT2D eigenvalue weighted by molar-refractivity contribution is -0.253. The van der Waals surface area contributed by atoms with Crippen LogP contribution < -0.4 is 10.5 Å². The van der Waals surface area contributed by atoms with Crippen molar-refractivity contribution >= 4 is 5.97 Å². The molecular formula is C13H15F4NO3. The molecule has 118 valence electrons. The third kappa shape index (κ3) is 4.89. The molecular weight excluding hydrogens is 294 g/mol. The quantitative estimate of drug-likeness (QED) is 0.621. The predicted molar refractivity (Wildman–Crippen MR) is 66.2 cm³/mol. The van der Waals surface area contributed by atoms with Crippen molar-refractivity contribution < 1.29 is 31.8 Å². The van der Waals surface area contributed by atoms with E-state index in [-0.39, 0.29) is 18.6 Å². The Morgan fingerprint density at radius 1 is 1.33 bits per heavy atom. The molecule has 0 radical (unpaired) electrons. The van der Waals surface area contributed by atoms with Crippen molar-refractivity contribution in [2.24, 2.45) is 5.73 Å². The Hall–Kier alpha value is -1.83. The van der Waals surface area contributed by atoms with Crippen LogP contribution in [0.2, 0.25) is 0 Å². The van der Waals surface area contributed by atoms with Gasteiger partial charge in [0.1, 0.15) is 5.75 Å². The Bertz CT molecular complexity index is 482. The Morgan fingerprint density at radius 2 is 1.95 bits per heavy atom. The van der Waals surface area contributed by atoms with Gasteiger partial charge in [-0.05, 0) is 13.0 Å². The van der Waals surface area contributed by atoms with Crippen LogP contribution in [0.5, 0.6) is 5.75 Å². The summed E-state index contributed by atoms with van der Waals surface area (Å²) in [6.07, 6.45) is -8.90. The van der Waals surface area contributed by atoms with Crippen LogP contribution >= 0.6 is 0 Å². The molecule has 0 unspecified atom stereocenters. The molecule has 0 aliphatic carbocycles. The highest BCUT2D eigenvalue weighted by Crippen LogP contribution is 2.32. The van der Waals surface area contributed by atoms with Gasteiger partial charge in [-0.25, -0.2) is 0 Å². The molecule has 1 atom stereocenters. The van der Waals surface area contributed by atoms with Crippen molar-refractivity contribution in [1.29, 1.82) is 0 Å². The van der Waals surface area contributed by atoms with E-state index >= 15 is 0 Å². The van der Waals surface area contributed by atoms with Crippen molar-refractivity contribution in [3.05, 3.63) is 29.8 Å². The van der Waals surface area contributed by atoms with E-state index in [9.17, 15) is 22.4 Å². The molecule has 0 saturated carbocycles. The standard InChI is InChI=1S/C13H15F4NO3/c1-2-20-11(19)7-9(18)8-5-3-4-6-10(8)21-13(16,17)12(14)15/h3-6,9,12H,2,7,18H2,1H3/t9-/m1/s1. The Balaban J connectivity index is 2.91. The van der Waals surface area contributed by atoms with Crippen molar-refractivity contribution in [3.63, 3.8) is 0 Å². The summed E-state index contributed by atoms with van der Waals surface area (Å²) in [6, 6.07) is 4.19. The Labute approximate surface area is 118 Å². The summed E-state index contributed by atoms with van der Waals surface area (Å²) in [6.45, 7) is 1.75. The number of halogens is 4. The fourth-order valence-corrected chi connectivity index (χ4v) is 1.58. The number of carbonyl (C=O) groups is 1. The number of hydrogen-bond acceptors (Lipinski definition) is 4. The Kier molecular flexibility index (Phi) is 5.95. The molecule has 0 fully saturated rings. The molecule has 0 aliphatic heterocycles. The number of esters is 1. The predicted octanol–water partition coefficient (Wildman–Crippen LogP) is 2.88. The van der Waals surface area contributed by atoms with Gasteiger partial charge in [0, 0.05) is 11.6 Å². The average molecular weight is 309 g/mol. The maximum absolute atomic E-state index is 13.0. The average Bonchev–Trinajstić information content (AvgIpc) is 2.38. The number of nitrogens with two attached hydrogens (primary N) is 1. The molecule has 1 aromatic carbocycles. The van der Waals surface area contributed by atoms with Crippen LogP contribution in [-0.2, 0) is 9.53 Å². The van der Waals surface area contributed by atoms with E-state index in [0.29, 0.717) is 0 Å². The molecule has 1 aromatic rings. The molecule has 0 heterocycles. The molecule has 0 bridgehead atoms. The smallest absolute Gasteiger partial charge is 0.461 e. The Morgan fingerprint density at radius 3 is 2.52 bits per heavy atom. The van der Waals surface area contributed by atoms with E-state index < -0.39 is 30.3 Å². The first-order chi connectivity index (χ1) is 9.77. The van der Waals surface area contributed by atoms with Crippen LogP contribution in [0.15, 0.2) is 24.3 Å². The number of alkyl halides is 4. The molecule has 8 heteroatoms. The van der Waals surface area contributed by atoms with Crippen molar-refractivity contribution in [1.82, 2.24) is 0 Å². The van der Waals surface area contributed by atoms with Gasteiger partial charge in [-0.3, -0.25) is 4.79 Å². The summed E-state index contributed by atoms with van der Waals surface area (Å²) >= 11 is 0. The maximum atomic E-state index is 13.0. The van der Waals surface area contributed by atoms with Crippen molar-refractivity contribution in [3.8, 4) is 5.75 Å². The van der Waals surface area contributed by atoms with Gasteiger partial charge < -0.3 is 15.2 Å². The second kappa shape index (κ2) is 7.26. The monoisotopic (exact) mass is 309 g/mol. The van der Waals surface area contributed by atoms with Crippen LogP contribution in [-0.4, -0.2) is 25.1 Å². The van der Waals surface area contributed by atoms with Gasteiger partial charge in [0.05, 0.1) is 13.0 Å². The van der Waals surface area contributed by atoms with Crippen molar-refractivity contribution in [2.75, 3.05) is 6.61 Å². The van der Waals surface area contributed by atoms with E-state index in [1.54, 1.807) is 6.92 Å². The lowest BCUT2D eigenvalue weighted by atomic mass is 10.0. The van der Waals surface area contributed by atoms with Gasteiger partial charge in [-0.2, -0.15) is 17.6 Å². The molecule has 4 nitrogen and oxygen atoms in total. The fraction of sp³-hybridized carbons (Fsp3) is 0.462. The highest BCUT2D eigenvalue weighted by molar-refractivity contribution is 5.70. The zero-order chi connectivity index (χ0) is 16.0. The molecule has 0 aromatic heterocycles. The molecule has 0 aliphatic rings. The lowest BCUT2D eigenvalue weighted by Crippen LogP contribution is -2.34. The summed E-state index contributed by atoms with van der Waals surface area (Å²) in [5, 5.41) is 0. The molecule has 0 saturated heterocycles. The van der Waals surface area contributed by atoms with Crippen LogP contribution in [0, 0.1) is 0 Å². The molecule has 0 spiro atoms. The van der Waals surface area contributed by atoms with E-state index in [4.69, 9.17) is 5.73 Å². The molecule has 0 amide bonds. The van der Waals surface area contributed by atoms with E-state index in [1.807, 2.05) is 0 Å². The number of carbonyl (C=O) groups excluding carboxylic acids is 1. The highest BCUT2D eigenvalue weighted by Gasteiger charge is 2.44. The maximum Gasteiger partial charge on any atom is 0.461 e. The third-order valence-electron chi connectivity index (χ3n) is 2.51. The van der Waals surface area contributed by atoms with Gasteiger partial charge in [0.25, 0.3) is 0 Å². The molecule has 21 heavy (non-hydrogen) atoms. The van der Waals surface area contributed by atoms with E-state index in [2.05, 4.69) is 9.47 Å². The summed E-state index contributed by atoms with van der Waals surface area (Å²) in [4.78, 5) is 11.3. The van der Waals surface area contributed by atoms with Gasteiger partial charge in [-0.1, -0.05) is 18.2 Å². The van der Waals surface area contributed by atoms with Crippen LogP contribution in [0.4, 0.5) is 17.6 Å². The zero-order valence-corrected chi connectivity index (χ0v) is 11.2. The number of ether oxygens (including phenoxy) is 2. The summed E-state index contributed by atoms with van der Waals surface area (Å²) < 4.78 is 59.0.